The van der Waals surface area contributed by atoms with Crippen LogP contribution < -0.4 is 11.1 Å². The second kappa shape index (κ2) is 3.16. The van der Waals surface area contributed by atoms with Gasteiger partial charge in [0, 0.05) is 6.42 Å². The summed E-state index contributed by atoms with van der Waals surface area (Å²) in [5.41, 5.74) is 4.54. The molecule has 0 aromatic heterocycles. The number of hydrogen-bond donors (Lipinski definition) is 2. The zero-order valence-electron chi connectivity index (χ0n) is 7.88. The van der Waals surface area contributed by atoms with Crippen molar-refractivity contribution in [2.45, 2.75) is 25.7 Å². The Bertz CT molecular complexity index is 318. The van der Waals surface area contributed by atoms with Gasteiger partial charge >= 0.3 is 0 Å². The average Bonchev–Trinajstić information content (AvgIpc) is 2.92. The van der Waals surface area contributed by atoms with Gasteiger partial charge in [0.15, 0.2) is 0 Å². The molecule has 1 fully saturated rings. The van der Waals surface area contributed by atoms with Gasteiger partial charge in [-0.2, -0.15) is 4.99 Å². The Balaban J connectivity index is 2.08. The molecule has 2 amide bonds. The molecule has 2 aliphatic rings. The minimum atomic E-state index is -0.786. The van der Waals surface area contributed by atoms with Gasteiger partial charge < -0.3 is 11.1 Å². The number of nitrogens with one attached hydrogen (secondary N) is 1. The average molecular weight is 195 g/mol. The summed E-state index contributed by atoms with van der Waals surface area (Å²) in [6.07, 6.45) is 2.60. The number of amides is 2. The number of carbonyl (C=O) groups excluding carboxylic acids is 2. The lowest BCUT2D eigenvalue weighted by molar-refractivity contribution is -0.135. The van der Waals surface area contributed by atoms with Crippen molar-refractivity contribution in [2.24, 2.45) is 16.1 Å². The summed E-state index contributed by atoms with van der Waals surface area (Å²) in [5, 5.41) is 2.67. The van der Waals surface area contributed by atoms with E-state index in [9.17, 15) is 9.59 Å². The maximum absolute atomic E-state index is 11.5. The van der Waals surface area contributed by atoms with Crippen LogP contribution >= 0.6 is 0 Å². The first-order valence-electron chi connectivity index (χ1n) is 4.82. The third-order valence-corrected chi connectivity index (χ3v) is 2.71. The third-order valence-electron chi connectivity index (χ3n) is 2.71. The minimum absolute atomic E-state index is 0.176. The van der Waals surface area contributed by atoms with Crippen LogP contribution in [0.1, 0.15) is 25.7 Å². The van der Waals surface area contributed by atoms with Crippen molar-refractivity contribution < 1.29 is 9.59 Å². The molecule has 0 atom stereocenters. The van der Waals surface area contributed by atoms with E-state index in [-0.39, 0.29) is 11.8 Å². The van der Waals surface area contributed by atoms with Gasteiger partial charge in [0.05, 0.1) is 0 Å². The fourth-order valence-electron chi connectivity index (χ4n) is 1.56. The summed E-state index contributed by atoms with van der Waals surface area (Å²) in [7, 11) is 0. The van der Waals surface area contributed by atoms with Gasteiger partial charge in [-0.05, 0) is 25.8 Å². The van der Waals surface area contributed by atoms with Gasteiger partial charge in [-0.15, -0.1) is 0 Å². The predicted octanol–water partition coefficient (Wildman–Crippen LogP) is -0.440. The largest absolute Gasteiger partial charge is 0.330 e. The monoisotopic (exact) mass is 195 g/mol. The van der Waals surface area contributed by atoms with Gasteiger partial charge in [-0.3, -0.25) is 9.59 Å². The molecule has 1 heterocycles. The molecule has 1 aliphatic heterocycles. The predicted molar refractivity (Wildman–Crippen MR) is 50.5 cm³/mol. The third kappa shape index (κ3) is 1.33. The lowest BCUT2D eigenvalue weighted by Gasteiger charge is -2.18. The van der Waals surface area contributed by atoms with Crippen molar-refractivity contribution in [2.75, 3.05) is 6.54 Å². The van der Waals surface area contributed by atoms with Crippen molar-refractivity contribution in [1.82, 2.24) is 5.32 Å². The fourth-order valence-corrected chi connectivity index (χ4v) is 1.56. The Labute approximate surface area is 81.8 Å². The highest BCUT2D eigenvalue weighted by Crippen LogP contribution is 2.48. The summed E-state index contributed by atoms with van der Waals surface area (Å²) >= 11 is 0. The summed E-state index contributed by atoms with van der Waals surface area (Å²) in [5.74, 6) is 0.0285. The van der Waals surface area contributed by atoms with E-state index in [1.165, 1.54) is 0 Å². The van der Waals surface area contributed by atoms with Crippen molar-refractivity contribution in [3.63, 3.8) is 0 Å². The smallest absolute Gasteiger partial charge is 0.263 e. The van der Waals surface area contributed by atoms with E-state index in [0.717, 1.165) is 6.42 Å². The summed E-state index contributed by atoms with van der Waals surface area (Å²) < 4.78 is 0. The zero-order chi connectivity index (χ0) is 10.2. The lowest BCUT2D eigenvalue weighted by Crippen LogP contribution is -2.45. The normalized spacial score (nSPS) is 23.4. The fraction of sp³-hybridized carbons (Fsp3) is 0.667. The molecule has 0 unspecified atom stereocenters. The second-order valence-corrected chi connectivity index (χ2v) is 3.79. The molecule has 1 saturated carbocycles. The van der Waals surface area contributed by atoms with Gasteiger partial charge in [0.2, 0.25) is 5.91 Å². The molecule has 3 N–H and O–H groups in total. The number of nitrogens with zero attached hydrogens (tertiary/aromatic N) is 1. The topological polar surface area (TPSA) is 84.5 Å². The van der Waals surface area contributed by atoms with Crippen molar-refractivity contribution in [1.29, 1.82) is 0 Å². The molecule has 2 rings (SSSR count). The van der Waals surface area contributed by atoms with Crippen LogP contribution in [-0.2, 0) is 9.59 Å². The van der Waals surface area contributed by atoms with Gasteiger partial charge in [-0.1, -0.05) is 0 Å². The van der Waals surface area contributed by atoms with E-state index in [4.69, 9.17) is 5.73 Å². The Morgan fingerprint density at radius 2 is 2.14 bits per heavy atom. The lowest BCUT2D eigenvalue weighted by atomic mass is 10.0. The molecular weight excluding hydrogens is 182 g/mol. The minimum Gasteiger partial charge on any atom is -0.330 e. The van der Waals surface area contributed by atoms with Crippen molar-refractivity contribution in [3.8, 4) is 0 Å². The first-order chi connectivity index (χ1) is 6.69. The molecule has 14 heavy (non-hydrogen) atoms. The first-order valence-corrected chi connectivity index (χ1v) is 4.82. The zero-order valence-corrected chi connectivity index (χ0v) is 7.88. The molecule has 0 bridgehead atoms. The summed E-state index contributed by atoms with van der Waals surface area (Å²) in [4.78, 5) is 26.9. The van der Waals surface area contributed by atoms with E-state index < -0.39 is 5.41 Å². The second-order valence-electron chi connectivity index (χ2n) is 3.79. The Morgan fingerprint density at radius 1 is 1.43 bits per heavy atom. The molecule has 5 heteroatoms. The highest BCUT2D eigenvalue weighted by atomic mass is 16.2. The number of amidine groups is 1. The number of hydrogen-bond acceptors (Lipinski definition) is 3. The molecular formula is C9H13N3O2. The number of aliphatic imine (C=N–C) groups is 1. The van der Waals surface area contributed by atoms with Crippen LogP contribution in [0.15, 0.2) is 4.99 Å². The van der Waals surface area contributed by atoms with E-state index in [1.807, 2.05) is 0 Å². The Morgan fingerprint density at radius 3 is 2.64 bits per heavy atom. The van der Waals surface area contributed by atoms with E-state index >= 15 is 0 Å². The van der Waals surface area contributed by atoms with Crippen LogP contribution in [0.25, 0.3) is 0 Å². The molecule has 1 aliphatic carbocycles. The molecule has 1 spiro atoms. The SMILES string of the molecule is NCCCC1=NC(=O)C2(CC2)C(=O)N1. The van der Waals surface area contributed by atoms with Crippen LogP contribution in [0, 0.1) is 5.41 Å². The van der Waals surface area contributed by atoms with E-state index in [0.29, 0.717) is 31.6 Å². The van der Waals surface area contributed by atoms with Crippen molar-refractivity contribution >= 4 is 17.6 Å². The molecule has 0 saturated heterocycles. The van der Waals surface area contributed by atoms with Crippen LogP contribution in [0.4, 0.5) is 0 Å². The number of rotatable bonds is 3. The molecule has 0 aromatic rings. The van der Waals surface area contributed by atoms with Crippen LogP contribution in [-0.4, -0.2) is 24.2 Å². The van der Waals surface area contributed by atoms with Crippen LogP contribution in [0.3, 0.4) is 0 Å². The van der Waals surface area contributed by atoms with Gasteiger partial charge in [-0.25, -0.2) is 0 Å². The van der Waals surface area contributed by atoms with Gasteiger partial charge in [0.25, 0.3) is 5.91 Å². The van der Waals surface area contributed by atoms with E-state index in [2.05, 4.69) is 10.3 Å². The summed E-state index contributed by atoms with van der Waals surface area (Å²) in [6, 6.07) is 0. The Kier molecular flexibility index (Phi) is 2.11. The first kappa shape index (κ1) is 9.33. The van der Waals surface area contributed by atoms with E-state index in [1.54, 1.807) is 0 Å². The summed E-state index contributed by atoms with van der Waals surface area (Å²) in [6.45, 7) is 0.536. The number of nitrogens with two attached hydrogens (primary N) is 1. The maximum atomic E-state index is 11.5. The Hall–Kier alpha value is -1.23. The van der Waals surface area contributed by atoms with Crippen LogP contribution in [0.2, 0.25) is 0 Å². The van der Waals surface area contributed by atoms with Crippen molar-refractivity contribution in [3.05, 3.63) is 0 Å². The quantitative estimate of drug-likeness (QED) is 0.599. The number of carbonyl (C=O) groups is 2. The standard InChI is InChI=1S/C9H13N3O2/c10-5-1-2-6-11-7(13)9(3-4-9)8(14)12-6/h1-5,10H2,(H,11,12,13,14). The van der Waals surface area contributed by atoms with Gasteiger partial charge in [0.1, 0.15) is 11.3 Å². The molecule has 76 valence electrons. The molecule has 5 nitrogen and oxygen atoms in total. The molecule has 0 radical (unpaired) electrons. The maximum Gasteiger partial charge on any atom is 0.263 e. The highest BCUT2D eigenvalue weighted by Gasteiger charge is 2.58. The van der Waals surface area contributed by atoms with Crippen LogP contribution in [0.5, 0.6) is 0 Å². The molecule has 0 aromatic carbocycles. The highest BCUT2D eigenvalue weighted by molar-refractivity contribution is 6.20.